The van der Waals surface area contributed by atoms with Gasteiger partial charge in [0.1, 0.15) is 0 Å². The number of pyridine rings is 2. The summed E-state index contributed by atoms with van der Waals surface area (Å²) in [6.45, 7) is 1.49. The molecule has 0 radical (unpaired) electrons. The minimum atomic E-state index is -4.55. The number of nitrogens with zero attached hydrogens (tertiary/aromatic N) is 3. The zero-order chi connectivity index (χ0) is 18.5. The van der Waals surface area contributed by atoms with Gasteiger partial charge in [0.2, 0.25) is 0 Å². The maximum absolute atomic E-state index is 12.7. The van der Waals surface area contributed by atoms with E-state index in [1.807, 2.05) is 11.0 Å². The summed E-state index contributed by atoms with van der Waals surface area (Å²) >= 11 is 5.74. The van der Waals surface area contributed by atoms with Gasteiger partial charge in [-0.05, 0) is 36.5 Å². The predicted octanol–water partition coefficient (Wildman–Crippen LogP) is 4.10. The van der Waals surface area contributed by atoms with E-state index >= 15 is 0 Å². The Morgan fingerprint density at radius 2 is 2.00 bits per heavy atom. The van der Waals surface area contributed by atoms with Crippen LogP contribution in [0.5, 0.6) is 0 Å². The van der Waals surface area contributed by atoms with E-state index in [0.717, 1.165) is 31.5 Å². The Labute approximate surface area is 153 Å². The van der Waals surface area contributed by atoms with Crippen LogP contribution in [0.3, 0.4) is 0 Å². The molecule has 3 heterocycles. The minimum absolute atomic E-state index is 0.128. The molecular formula is C18H17ClF3N3O. The van der Waals surface area contributed by atoms with Gasteiger partial charge < -0.3 is 10.0 Å². The highest BCUT2D eigenvalue weighted by Gasteiger charge is 2.54. The van der Waals surface area contributed by atoms with E-state index in [9.17, 15) is 18.3 Å². The van der Waals surface area contributed by atoms with Crippen molar-refractivity contribution in [3.8, 4) is 0 Å². The maximum Gasteiger partial charge on any atom is 0.434 e. The molecule has 0 bridgehead atoms. The molecule has 26 heavy (non-hydrogen) atoms. The highest BCUT2D eigenvalue weighted by atomic mass is 35.5. The third kappa shape index (κ3) is 3.03. The standard InChI is InChI=1S/C18H17ClF3N3O/c19-14-4-13(8-24-16(14)18(20,21)22)25-9-17(10-25)5-12(6-17)15(26)11-2-1-3-23-7-11/h1-4,7-8,12,15,26H,5-6,9-10H2. The van der Waals surface area contributed by atoms with Crippen LogP contribution in [0, 0.1) is 11.3 Å². The molecule has 1 spiro atoms. The average molecular weight is 384 g/mol. The molecule has 138 valence electrons. The summed E-state index contributed by atoms with van der Waals surface area (Å²) in [5, 5.41) is 10.1. The molecule has 2 aromatic rings. The molecule has 1 atom stereocenters. The lowest BCUT2D eigenvalue weighted by molar-refractivity contribution is -0.141. The van der Waals surface area contributed by atoms with E-state index in [2.05, 4.69) is 9.97 Å². The van der Waals surface area contributed by atoms with Gasteiger partial charge in [-0.3, -0.25) is 4.98 Å². The molecule has 2 aromatic heterocycles. The van der Waals surface area contributed by atoms with Crippen LogP contribution in [-0.4, -0.2) is 28.2 Å². The molecule has 1 aliphatic carbocycles. The Morgan fingerprint density at radius 3 is 2.58 bits per heavy atom. The first-order valence-electron chi connectivity index (χ1n) is 8.33. The first-order chi connectivity index (χ1) is 12.3. The molecule has 1 saturated carbocycles. The number of aliphatic hydroxyl groups excluding tert-OH is 1. The lowest BCUT2D eigenvalue weighted by Crippen LogP contribution is -2.63. The lowest BCUT2D eigenvalue weighted by Gasteiger charge is -2.60. The molecule has 4 nitrogen and oxygen atoms in total. The topological polar surface area (TPSA) is 49.3 Å². The van der Waals surface area contributed by atoms with E-state index in [0.29, 0.717) is 5.69 Å². The van der Waals surface area contributed by atoms with Crippen LogP contribution in [0.1, 0.15) is 30.2 Å². The fourth-order valence-electron chi connectivity index (χ4n) is 4.11. The largest absolute Gasteiger partial charge is 0.434 e. The van der Waals surface area contributed by atoms with Gasteiger partial charge in [0.05, 0.1) is 23.0 Å². The molecule has 1 unspecified atom stereocenters. The number of halogens is 4. The number of hydrogen-bond donors (Lipinski definition) is 1. The second kappa shape index (κ2) is 6.09. The molecule has 1 saturated heterocycles. The van der Waals surface area contributed by atoms with Gasteiger partial charge in [-0.2, -0.15) is 13.2 Å². The quantitative estimate of drug-likeness (QED) is 0.867. The number of hydrogen-bond acceptors (Lipinski definition) is 4. The van der Waals surface area contributed by atoms with Gasteiger partial charge >= 0.3 is 6.18 Å². The smallest absolute Gasteiger partial charge is 0.388 e. The Balaban J connectivity index is 1.36. The summed E-state index contributed by atoms with van der Waals surface area (Å²) in [4.78, 5) is 9.49. The highest BCUT2D eigenvalue weighted by molar-refractivity contribution is 6.31. The highest BCUT2D eigenvalue weighted by Crippen LogP contribution is 2.56. The molecule has 0 amide bonds. The van der Waals surface area contributed by atoms with Gasteiger partial charge in [0.25, 0.3) is 0 Å². The predicted molar refractivity (Wildman–Crippen MR) is 90.8 cm³/mol. The summed E-state index contributed by atoms with van der Waals surface area (Å²) in [6, 6.07) is 5.00. The third-order valence-electron chi connectivity index (χ3n) is 5.38. The molecule has 1 aliphatic heterocycles. The van der Waals surface area contributed by atoms with E-state index in [4.69, 9.17) is 11.6 Å². The van der Waals surface area contributed by atoms with Gasteiger partial charge in [-0.1, -0.05) is 17.7 Å². The monoisotopic (exact) mass is 383 g/mol. The van der Waals surface area contributed by atoms with Crippen LogP contribution >= 0.6 is 11.6 Å². The minimum Gasteiger partial charge on any atom is -0.388 e. The van der Waals surface area contributed by atoms with Crippen molar-refractivity contribution >= 4 is 17.3 Å². The SMILES string of the molecule is OC(c1cccnc1)C1CC2(C1)CN(c1cnc(C(F)(F)F)c(Cl)c1)C2. The second-order valence-corrected chi connectivity index (χ2v) is 7.68. The van der Waals surface area contributed by atoms with Crippen molar-refractivity contribution < 1.29 is 18.3 Å². The number of rotatable bonds is 3. The third-order valence-corrected chi connectivity index (χ3v) is 5.66. The fourth-order valence-corrected chi connectivity index (χ4v) is 4.38. The number of alkyl halides is 3. The molecule has 1 N–H and O–H groups in total. The molecule has 0 aromatic carbocycles. The van der Waals surface area contributed by atoms with Crippen molar-refractivity contribution in [1.29, 1.82) is 0 Å². The molecule has 8 heteroatoms. The normalized spacial score (nSPS) is 20.6. The lowest BCUT2D eigenvalue weighted by atomic mass is 9.56. The molecule has 2 aliphatic rings. The average Bonchev–Trinajstić information content (AvgIpc) is 2.51. The van der Waals surface area contributed by atoms with Crippen LogP contribution < -0.4 is 4.90 Å². The second-order valence-electron chi connectivity index (χ2n) is 7.28. The number of aromatic nitrogens is 2. The maximum atomic E-state index is 12.7. The van der Waals surface area contributed by atoms with E-state index in [1.54, 1.807) is 18.5 Å². The Morgan fingerprint density at radius 1 is 1.27 bits per heavy atom. The van der Waals surface area contributed by atoms with Gasteiger partial charge in [0.15, 0.2) is 5.69 Å². The summed E-state index contributed by atoms with van der Waals surface area (Å²) in [6.07, 6.45) is 1.29. The number of anilines is 1. The van der Waals surface area contributed by atoms with Gasteiger partial charge in [-0.15, -0.1) is 0 Å². The zero-order valence-electron chi connectivity index (χ0n) is 13.7. The van der Waals surface area contributed by atoms with E-state index in [-0.39, 0.29) is 16.4 Å². The first kappa shape index (κ1) is 17.5. The van der Waals surface area contributed by atoms with E-state index in [1.165, 1.54) is 12.3 Å². The summed E-state index contributed by atoms with van der Waals surface area (Å²) in [7, 11) is 0. The summed E-state index contributed by atoms with van der Waals surface area (Å²) in [5.74, 6) is 0.190. The first-order valence-corrected chi connectivity index (χ1v) is 8.71. The Bertz CT molecular complexity index is 801. The fraction of sp³-hybridized carbons (Fsp3) is 0.444. The van der Waals surface area contributed by atoms with Gasteiger partial charge in [-0.25, -0.2) is 4.98 Å². The van der Waals surface area contributed by atoms with Gasteiger partial charge in [0, 0.05) is 30.9 Å². The summed E-state index contributed by atoms with van der Waals surface area (Å²) in [5.41, 5.74) is 0.497. The summed E-state index contributed by atoms with van der Waals surface area (Å²) < 4.78 is 38.2. The van der Waals surface area contributed by atoms with Crippen LogP contribution in [0.4, 0.5) is 18.9 Å². The van der Waals surface area contributed by atoms with E-state index < -0.39 is 18.0 Å². The van der Waals surface area contributed by atoms with Crippen LogP contribution in [0.25, 0.3) is 0 Å². The number of aliphatic hydroxyl groups is 1. The van der Waals surface area contributed by atoms with Crippen molar-refractivity contribution in [3.05, 3.63) is 53.1 Å². The van der Waals surface area contributed by atoms with Crippen molar-refractivity contribution in [2.45, 2.75) is 25.1 Å². The van der Waals surface area contributed by atoms with Crippen molar-refractivity contribution in [1.82, 2.24) is 9.97 Å². The van der Waals surface area contributed by atoms with Crippen molar-refractivity contribution in [3.63, 3.8) is 0 Å². The van der Waals surface area contributed by atoms with Crippen molar-refractivity contribution in [2.75, 3.05) is 18.0 Å². The Kier molecular flexibility index (Phi) is 4.11. The zero-order valence-corrected chi connectivity index (χ0v) is 14.5. The van der Waals surface area contributed by atoms with Crippen LogP contribution in [0.2, 0.25) is 5.02 Å². The molecule has 4 rings (SSSR count). The molecular weight excluding hydrogens is 367 g/mol. The van der Waals surface area contributed by atoms with Crippen molar-refractivity contribution in [2.24, 2.45) is 11.3 Å². The van der Waals surface area contributed by atoms with Crippen LogP contribution in [-0.2, 0) is 6.18 Å². The molecule has 2 fully saturated rings. The van der Waals surface area contributed by atoms with Crippen LogP contribution in [0.15, 0.2) is 36.8 Å². The Hall–Kier alpha value is -1.86.